The van der Waals surface area contributed by atoms with Crippen molar-refractivity contribution in [1.29, 1.82) is 0 Å². The zero-order valence-electron chi connectivity index (χ0n) is 13.9. The molecule has 1 unspecified atom stereocenters. The second kappa shape index (κ2) is 7.14. The summed E-state index contributed by atoms with van der Waals surface area (Å²) in [5.74, 6) is -0.0237. The molecule has 0 saturated heterocycles. The van der Waals surface area contributed by atoms with Crippen LogP contribution in [0.1, 0.15) is 33.5 Å². The third kappa shape index (κ3) is 3.76. The van der Waals surface area contributed by atoms with Gasteiger partial charge in [-0.15, -0.1) is 16.2 Å². The average Bonchev–Trinajstić information content (AvgIpc) is 3.03. The Labute approximate surface area is 154 Å². The fourth-order valence-corrected chi connectivity index (χ4v) is 5.00. The van der Waals surface area contributed by atoms with Gasteiger partial charge in [0.05, 0.1) is 9.80 Å². The summed E-state index contributed by atoms with van der Waals surface area (Å²) in [6.45, 7) is 2.15. The molecule has 1 aliphatic carbocycles. The van der Waals surface area contributed by atoms with Gasteiger partial charge >= 0.3 is 0 Å². The molecule has 0 spiro atoms. The molecule has 138 valence electrons. The number of sulfonamides is 1. The number of nitro benzene ring substituents is 1. The second-order valence-corrected chi connectivity index (χ2v) is 8.98. The summed E-state index contributed by atoms with van der Waals surface area (Å²) in [5, 5.41) is 11.0. The van der Waals surface area contributed by atoms with E-state index in [1.807, 2.05) is 4.83 Å². The number of hydrogen-bond acceptors (Lipinski definition) is 6. The number of thiophene rings is 1. The van der Waals surface area contributed by atoms with Gasteiger partial charge in [-0.3, -0.25) is 20.3 Å². The highest BCUT2D eigenvalue weighted by atomic mass is 32.2. The Kier molecular flexibility index (Phi) is 5.08. The second-order valence-electron chi connectivity index (χ2n) is 6.19. The van der Waals surface area contributed by atoms with E-state index in [-0.39, 0.29) is 0 Å². The van der Waals surface area contributed by atoms with Crippen LogP contribution in [0.25, 0.3) is 0 Å². The Morgan fingerprint density at radius 3 is 2.81 bits per heavy atom. The molecule has 8 nitrogen and oxygen atoms in total. The lowest BCUT2D eigenvalue weighted by Crippen LogP contribution is -2.41. The maximum absolute atomic E-state index is 12.3. The minimum atomic E-state index is -4.27. The van der Waals surface area contributed by atoms with Gasteiger partial charge in [0, 0.05) is 10.9 Å². The molecule has 0 radical (unpaired) electrons. The van der Waals surface area contributed by atoms with Crippen molar-refractivity contribution in [2.24, 2.45) is 5.92 Å². The van der Waals surface area contributed by atoms with Crippen molar-refractivity contribution in [2.75, 3.05) is 0 Å². The van der Waals surface area contributed by atoms with Crippen LogP contribution in [0.2, 0.25) is 0 Å². The van der Waals surface area contributed by atoms with Gasteiger partial charge in [0.15, 0.2) is 4.90 Å². The Bertz CT molecular complexity index is 968. The molecule has 26 heavy (non-hydrogen) atoms. The number of hydrogen-bond donors (Lipinski definition) is 2. The Balaban J connectivity index is 1.74. The van der Waals surface area contributed by atoms with E-state index in [0.717, 1.165) is 41.8 Å². The summed E-state index contributed by atoms with van der Waals surface area (Å²) in [6.07, 6.45) is 2.89. The number of nitrogens with one attached hydrogen (secondary N) is 2. The molecule has 1 aromatic heterocycles. The van der Waals surface area contributed by atoms with Crippen molar-refractivity contribution in [3.8, 4) is 0 Å². The Hall–Kier alpha value is -2.30. The monoisotopic (exact) mass is 395 g/mol. The van der Waals surface area contributed by atoms with Gasteiger partial charge in [-0.1, -0.05) is 19.1 Å². The molecule has 1 aliphatic rings. The summed E-state index contributed by atoms with van der Waals surface area (Å²) in [6, 6.07) is 6.72. The molecule has 1 heterocycles. The fraction of sp³-hybridized carbons (Fsp3) is 0.312. The molecule has 2 aromatic rings. The quantitative estimate of drug-likeness (QED) is 0.595. The van der Waals surface area contributed by atoms with Gasteiger partial charge in [0.1, 0.15) is 0 Å². The number of aryl methyl sites for hydroxylation is 1. The van der Waals surface area contributed by atoms with E-state index in [0.29, 0.717) is 10.8 Å². The van der Waals surface area contributed by atoms with Crippen molar-refractivity contribution in [2.45, 2.75) is 31.1 Å². The van der Waals surface area contributed by atoms with E-state index >= 15 is 0 Å². The lowest BCUT2D eigenvalue weighted by molar-refractivity contribution is -0.387. The molecule has 1 amide bonds. The van der Waals surface area contributed by atoms with E-state index < -0.39 is 31.4 Å². The first-order valence-corrected chi connectivity index (χ1v) is 10.2. The smallest absolute Gasteiger partial charge is 0.273 e. The lowest BCUT2D eigenvalue weighted by Gasteiger charge is -2.16. The van der Waals surface area contributed by atoms with Crippen LogP contribution in [0.5, 0.6) is 0 Å². The van der Waals surface area contributed by atoms with E-state index in [9.17, 15) is 23.3 Å². The molecule has 1 aromatic carbocycles. The molecular weight excluding hydrogens is 378 g/mol. The van der Waals surface area contributed by atoms with Gasteiger partial charge in [0.2, 0.25) is 0 Å². The van der Waals surface area contributed by atoms with Crippen molar-refractivity contribution >= 4 is 33.0 Å². The number of nitrogens with zero attached hydrogens (tertiary/aromatic N) is 1. The third-order valence-corrected chi connectivity index (χ3v) is 6.73. The number of nitro groups is 1. The highest BCUT2D eigenvalue weighted by molar-refractivity contribution is 7.89. The number of carbonyl (C=O) groups is 1. The van der Waals surface area contributed by atoms with Crippen molar-refractivity contribution < 1.29 is 18.1 Å². The van der Waals surface area contributed by atoms with Crippen molar-refractivity contribution in [3.05, 3.63) is 55.8 Å². The SMILES string of the molecule is CC1CCc2sc(C(=O)NNS(=O)(=O)c3ccccc3[N+](=O)[O-])cc2C1. The van der Waals surface area contributed by atoms with Crippen molar-refractivity contribution in [3.63, 3.8) is 0 Å². The van der Waals surface area contributed by atoms with Crippen LogP contribution in [0, 0.1) is 16.0 Å². The van der Waals surface area contributed by atoms with Gasteiger partial charge in [-0.2, -0.15) is 0 Å². The summed E-state index contributed by atoms with van der Waals surface area (Å²) < 4.78 is 24.6. The van der Waals surface area contributed by atoms with E-state index in [2.05, 4.69) is 12.3 Å². The molecule has 2 N–H and O–H groups in total. The molecular formula is C16H17N3O5S2. The topological polar surface area (TPSA) is 118 Å². The average molecular weight is 395 g/mol. The van der Waals surface area contributed by atoms with Crippen molar-refractivity contribution in [1.82, 2.24) is 10.3 Å². The molecule has 0 fully saturated rings. The molecule has 0 aliphatic heterocycles. The third-order valence-electron chi connectivity index (χ3n) is 4.20. The number of fused-ring (bicyclic) bond motifs is 1. The summed E-state index contributed by atoms with van der Waals surface area (Å²) in [7, 11) is -4.27. The van der Waals surface area contributed by atoms with E-state index in [1.165, 1.54) is 23.5 Å². The summed E-state index contributed by atoms with van der Waals surface area (Å²) in [5.41, 5.74) is 2.70. The highest BCUT2D eigenvalue weighted by Gasteiger charge is 2.26. The number of rotatable bonds is 5. The Morgan fingerprint density at radius 2 is 2.08 bits per heavy atom. The summed E-state index contributed by atoms with van der Waals surface area (Å²) >= 11 is 1.34. The van der Waals surface area contributed by atoms with Gasteiger partial charge in [-0.05, 0) is 42.9 Å². The fourth-order valence-electron chi connectivity index (χ4n) is 2.88. The largest absolute Gasteiger partial charge is 0.289 e. The normalized spacial score (nSPS) is 16.7. The first kappa shape index (κ1) is 18.5. The van der Waals surface area contributed by atoms with Crippen LogP contribution in [0.3, 0.4) is 0 Å². The predicted octanol–water partition coefficient (Wildman–Crippen LogP) is 2.40. The molecule has 10 heteroatoms. The van der Waals surface area contributed by atoms with Gasteiger partial charge in [0.25, 0.3) is 21.6 Å². The summed E-state index contributed by atoms with van der Waals surface area (Å²) in [4.78, 5) is 25.5. The standard InChI is InChI=1S/C16H17N3O5S2/c1-10-6-7-13-11(8-10)9-14(25-13)16(20)17-18-26(23,24)15-5-3-2-4-12(15)19(21)22/h2-5,9-10,18H,6-8H2,1H3,(H,17,20). The molecule has 3 rings (SSSR count). The van der Waals surface area contributed by atoms with E-state index in [1.54, 1.807) is 6.07 Å². The maximum atomic E-state index is 12.3. The number of hydrazine groups is 1. The minimum absolute atomic E-state index is 0.411. The zero-order chi connectivity index (χ0) is 18.9. The lowest BCUT2D eigenvalue weighted by atomic mass is 9.90. The van der Waals surface area contributed by atoms with Crippen LogP contribution >= 0.6 is 11.3 Å². The predicted molar refractivity (Wildman–Crippen MR) is 96.4 cm³/mol. The molecule has 1 atom stereocenters. The molecule has 0 bridgehead atoms. The van der Waals surface area contributed by atoms with Crippen LogP contribution in [-0.2, 0) is 22.9 Å². The number of benzene rings is 1. The van der Waals surface area contributed by atoms with Crippen LogP contribution in [0.15, 0.2) is 35.2 Å². The number of para-hydroxylation sites is 1. The first-order chi connectivity index (χ1) is 12.3. The highest BCUT2D eigenvalue weighted by Crippen LogP contribution is 2.32. The maximum Gasteiger partial charge on any atom is 0.289 e. The number of carbonyl (C=O) groups excluding carboxylic acids is 1. The minimum Gasteiger partial charge on any atom is -0.273 e. The van der Waals surface area contributed by atoms with Crippen LogP contribution < -0.4 is 10.3 Å². The molecule has 0 saturated carbocycles. The van der Waals surface area contributed by atoms with Crippen LogP contribution in [-0.4, -0.2) is 19.2 Å². The zero-order valence-corrected chi connectivity index (χ0v) is 15.5. The Morgan fingerprint density at radius 1 is 1.35 bits per heavy atom. The van der Waals surface area contributed by atoms with Crippen LogP contribution in [0.4, 0.5) is 5.69 Å². The van der Waals surface area contributed by atoms with Gasteiger partial charge in [-0.25, -0.2) is 8.42 Å². The van der Waals surface area contributed by atoms with Gasteiger partial charge < -0.3 is 0 Å². The number of amides is 1. The van der Waals surface area contributed by atoms with E-state index in [4.69, 9.17) is 0 Å². The first-order valence-electron chi connectivity index (χ1n) is 7.95.